The Hall–Kier alpha value is -1.03. The third-order valence-electron chi connectivity index (χ3n) is 2.86. The predicted molar refractivity (Wildman–Crippen MR) is 85.4 cm³/mol. The van der Waals surface area contributed by atoms with Gasteiger partial charge in [0.2, 0.25) is 0 Å². The molecule has 1 aromatic rings. The minimum absolute atomic E-state index is 0.551. The van der Waals surface area contributed by atoms with Crippen LogP contribution in [-0.2, 0) is 0 Å². The van der Waals surface area contributed by atoms with Crippen molar-refractivity contribution < 1.29 is 8.83 Å². The molecule has 4 heteroatoms. The summed E-state index contributed by atoms with van der Waals surface area (Å²) in [6, 6.07) is 0. The highest BCUT2D eigenvalue weighted by atomic mass is 16.6. The zero-order valence-electron chi connectivity index (χ0n) is 14.4. The Morgan fingerprint density at radius 3 is 1.50 bits per heavy atom. The van der Waals surface area contributed by atoms with Gasteiger partial charge in [-0.1, -0.05) is 41.0 Å². The van der Waals surface area contributed by atoms with Crippen molar-refractivity contribution in [2.45, 2.75) is 67.7 Å². The van der Waals surface area contributed by atoms with Crippen molar-refractivity contribution in [3.8, 4) is 0 Å². The second kappa shape index (κ2) is 14.4. The molecule has 0 aromatic carbocycles. The summed E-state index contributed by atoms with van der Waals surface area (Å²) in [6.45, 7) is 17.5. The second-order valence-corrected chi connectivity index (χ2v) is 4.06. The van der Waals surface area contributed by atoms with E-state index in [-0.39, 0.29) is 0 Å². The highest BCUT2D eigenvalue weighted by Gasteiger charge is 2.05. The van der Waals surface area contributed by atoms with E-state index in [1.54, 1.807) is 13.8 Å². The monoisotopic (exact) mass is 287 g/mol. The highest BCUT2D eigenvalue weighted by molar-refractivity contribution is 4.95. The standard InChI is InChI=1S/C7H15N.C5H6O3.2C2H6/c1-2-8-6-4-3-5-7-8;1-3-4(2)8-5(6)7-3;2*1-2/h2-7H2,1H3;1-2H3;2*1-2H3. The number of likely N-dealkylation sites (tertiary alicyclic amines) is 1. The van der Waals surface area contributed by atoms with E-state index in [0.717, 1.165) is 0 Å². The average Bonchev–Trinajstić information content (AvgIpc) is 2.81. The molecule has 120 valence electrons. The summed E-state index contributed by atoms with van der Waals surface area (Å²) >= 11 is 0. The van der Waals surface area contributed by atoms with Gasteiger partial charge in [0, 0.05) is 0 Å². The normalized spacial score (nSPS) is 13.9. The molecule has 0 aliphatic carbocycles. The van der Waals surface area contributed by atoms with Crippen molar-refractivity contribution in [1.82, 2.24) is 4.90 Å². The van der Waals surface area contributed by atoms with E-state index >= 15 is 0 Å². The molecular formula is C16H33NO3. The largest absolute Gasteiger partial charge is 0.518 e. The highest BCUT2D eigenvalue weighted by Crippen LogP contribution is 2.06. The molecule has 1 aliphatic heterocycles. The average molecular weight is 287 g/mol. The number of piperidine rings is 1. The summed E-state index contributed by atoms with van der Waals surface area (Å²) in [7, 11) is 0. The molecule has 0 saturated carbocycles. The number of hydrogen-bond acceptors (Lipinski definition) is 4. The van der Waals surface area contributed by atoms with E-state index in [1.165, 1.54) is 38.9 Å². The molecule has 0 radical (unpaired) electrons. The maximum Gasteiger partial charge on any atom is 0.518 e. The fourth-order valence-electron chi connectivity index (χ4n) is 1.69. The lowest BCUT2D eigenvalue weighted by Crippen LogP contribution is -2.29. The molecular weight excluding hydrogens is 254 g/mol. The van der Waals surface area contributed by atoms with Crippen LogP contribution in [0.25, 0.3) is 0 Å². The van der Waals surface area contributed by atoms with E-state index in [9.17, 15) is 4.79 Å². The van der Waals surface area contributed by atoms with Crippen LogP contribution in [0.15, 0.2) is 13.6 Å². The Labute approximate surface area is 124 Å². The van der Waals surface area contributed by atoms with Gasteiger partial charge < -0.3 is 13.7 Å². The van der Waals surface area contributed by atoms with Crippen LogP contribution in [0.4, 0.5) is 0 Å². The van der Waals surface area contributed by atoms with Gasteiger partial charge in [-0.2, -0.15) is 0 Å². The molecule has 1 aromatic heterocycles. The fraction of sp³-hybridized carbons (Fsp3) is 0.812. The number of hydrogen-bond donors (Lipinski definition) is 0. The molecule has 1 aliphatic rings. The summed E-state index contributed by atoms with van der Waals surface area (Å²) in [5, 5.41) is 0. The fourth-order valence-corrected chi connectivity index (χ4v) is 1.69. The molecule has 0 N–H and O–H groups in total. The lowest BCUT2D eigenvalue weighted by Gasteiger charge is -2.24. The van der Waals surface area contributed by atoms with E-state index in [1.807, 2.05) is 27.7 Å². The van der Waals surface area contributed by atoms with E-state index < -0.39 is 5.82 Å². The van der Waals surface area contributed by atoms with Gasteiger partial charge in [0.15, 0.2) is 0 Å². The Balaban J connectivity index is 0. The van der Waals surface area contributed by atoms with Crippen LogP contribution in [0.2, 0.25) is 0 Å². The van der Waals surface area contributed by atoms with Crippen molar-refractivity contribution in [1.29, 1.82) is 0 Å². The summed E-state index contributed by atoms with van der Waals surface area (Å²) in [6.07, 6.45) is 4.30. The van der Waals surface area contributed by atoms with Crippen molar-refractivity contribution in [3.05, 3.63) is 22.1 Å². The third-order valence-corrected chi connectivity index (χ3v) is 2.86. The summed E-state index contributed by atoms with van der Waals surface area (Å²) in [5.41, 5.74) is 0. The van der Waals surface area contributed by atoms with Crippen molar-refractivity contribution in [3.63, 3.8) is 0 Å². The Kier molecular flexibility index (Phi) is 15.3. The van der Waals surface area contributed by atoms with Gasteiger partial charge in [-0.05, 0) is 46.3 Å². The van der Waals surface area contributed by atoms with Crippen molar-refractivity contribution in [2.75, 3.05) is 19.6 Å². The van der Waals surface area contributed by atoms with Gasteiger partial charge in [0.1, 0.15) is 11.5 Å². The van der Waals surface area contributed by atoms with Gasteiger partial charge in [-0.25, -0.2) is 4.79 Å². The summed E-state index contributed by atoms with van der Waals surface area (Å²) in [5.74, 6) is 0.477. The number of nitrogens with zero attached hydrogens (tertiary/aromatic N) is 1. The molecule has 0 atom stereocenters. The zero-order chi connectivity index (χ0) is 16.0. The van der Waals surface area contributed by atoms with Gasteiger partial charge in [0.05, 0.1) is 0 Å². The first-order valence-electron chi connectivity index (χ1n) is 7.93. The molecule has 1 saturated heterocycles. The molecule has 2 rings (SSSR count). The van der Waals surface area contributed by atoms with Crippen LogP contribution >= 0.6 is 0 Å². The number of aryl methyl sites for hydroxylation is 2. The third kappa shape index (κ3) is 9.84. The second-order valence-electron chi connectivity index (χ2n) is 4.06. The quantitative estimate of drug-likeness (QED) is 0.768. The molecule has 2 heterocycles. The Bertz CT molecular complexity index is 326. The van der Waals surface area contributed by atoms with Crippen molar-refractivity contribution >= 4 is 0 Å². The molecule has 0 unspecified atom stereocenters. The minimum Gasteiger partial charge on any atom is -0.396 e. The molecule has 0 amide bonds. The lowest BCUT2D eigenvalue weighted by molar-refractivity contribution is 0.240. The van der Waals surface area contributed by atoms with Crippen molar-refractivity contribution in [2.24, 2.45) is 0 Å². The lowest BCUT2D eigenvalue weighted by atomic mass is 10.1. The van der Waals surface area contributed by atoms with Gasteiger partial charge in [-0.3, -0.25) is 0 Å². The predicted octanol–water partition coefficient (Wildman–Crippen LogP) is 4.39. The van der Waals surface area contributed by atoms with E-state index in [0.29, 0.717) is 11.5 Å². The first kappa shape index (κ1) is 21.3. The smallest absolute Gasteiger partial charge is 0.396 e. The molecule has 4 nitrogen and oxygen atoms in total. The maximum absolute atomic E-state index is 10.2. The first-order valence-corrected chi connectivity index (χ1v) is 7.93. The van der Waals surface area contributed by atoms with Crippen LogP contribution in [0, 0.1) is 13.8 Å². The molecule has 1 fully saturated rings. The van der Waals surface area contributed by atoms with Gasteiger partial charge >= 0.3 is 5.82 Å². The molecule has 0 spiro atoms. The minimum atomic E-state index is -0.625. The van der Waals surface area contributed by atoms with Gasteiger partial charge in [0.25, 0.3) is 0 Å². The topological polar surface area (TPSA) is 46.6 Å². The SMILES string of the molecule is CC.CC.CCN1CCCCC1.Cc1oc(=O)oc1C. The number of rotatable bonds is 1. The Morgan fingerprint density at radius 2 is 1.30 bits per heavy atom. The van der Waals surface area contributed by atoms with Crippen LogP contribution < -0.4 is 5.82 Å². The summed E-state index contributed by atoms with van der Waals surface area (Å²) in [4.78, 5) is 12.7. The van der Waals surface area contributed by atoms with Crippen LogP contribution in [0.3, 0.4) is 0 Å². The van der Waals surface area contributed by atoms with E-state index in [4.69, 9.17) is 0 Å². The molecule has 0 bridgehead atoms. The molecule has 20 heavy (non-hydrogen) atoms. The van der Waals surface area contributed by atoms with Crippen LogP contribution in [0.5, 0.6) is 0 Å². The van der Waals surface area contributed by atoms with Crippen LogP contribution in [0.1, 0.15) is 65.4 Å². The van der Waals surface area contributed by atoms with Crippen LogP contribution in [-0.4, -0.2) is 24.5 Å². The van der Waals surface area contributed by atoms with Gasteiger partial charge in [-0.15, -0.1) is 0 Å². The summed E-state index contributed by atoms with van der Waals surface area (Å²) < 4.78 is 8.98. The zero-order valence-corrected chi connectivity index (χ0v) is 14.4. The Morgan fingerprint density at radius 1 is 0.900 bits per heavy atom. The maximum atomic E-state index is 10.2. The first-order chi connectivity index (χ1) is 9.63. The van der Waals surface area contributed by atoms with E-state index in [2.05, 4.69) is 20.7 Å².